The standard InChI is InChI=1S/C20H17FN4O3S/c21-13-3-5-14(6-4-13)25-10-12(9-16(25)26)19(27)22-15-7-8-29-17(15)20-23-18(24-28-20)11-1-2-11/h3-8,11-12H,1-2,9-10H2,(H,22,27). The van der Waals surface area contributed by atoms with Gasteiger partial charge in [-0.3, -0.25) is 9.59 Å². The Morgan fingerprint density at radius 1 is 1.24 bits per heavy atom. The lowest BCUT2D eigenvalue weighted by Crippen LogP contribution is -2.28. The van der Waals surface area contributed by atoms with Crippen LogP contribution in [0.25, 0.3) is 10.8 Å². The van der Waals surface area contributed by atoms with Crippen LogP contribution in [0.1, 0.15) is 31.0 Å². The Balaban J connectivity index is 1.29. The van der Waals surface area contributed by atoms with Gasteiger partial charge >= 0.3 is 0 Å². The molecular weight excluding hydrogens is 395 g/mol. The number of rotatable bonds is 5. The fourth-order valence-electron chi connectivity index (χ4n) is 3.40. The molecule has 3 heterocycles. The molecule has 148 valence electrons. The van der Waals surface area contributed by atoms with E-state index in [4.69, 9.17) is 4.52 Å². The van der Waals surface area contributed by atoms with Crippen molar-refractivity contribution in [2.24, 2.45) is 5.92 Å². The number of nitrogens with one attached hydrogen (secondary N) is 1. The van der Waals surface area contributed by atoms with Crippen LogP contribution in [0.2, 0.25) is 0 Å². The maximum Gasteiger partial charge on any atom is 0.270 e. The van der Waals surface area contributed by atoms with E-state index in [-0.39, 0.29) is 30.6 Å². The zero-order valence-electron chi connectivity index (χ0n) is 15.3. The zero-order chi connectivity index (χ0) is 20.0. The first-order valence-corrected chi connectivity index (χ1v) is 10.2. The average Bonchev–Trinajstić information content (AvgIpc) is 3.10. The molecule has 2 aromatic heterocycles. The molecule has 2 fully saturated rings. The Bertz CT molecular complexity index is 1070. The maximum atomic E-state index is 13.1. The van der Waals surface area contributed by atoms with Crippen LogP contribution in [0.4, 0.5) is 15.8 Å². The molecule has 9 heteroatoms. The van der Waals surface area contributed by atoms with Gasteiger partial charge in [0.15, 0.2) is 5.82 Å². The maximum absolute atomic E-state index is 13.1. The van der Waals surface area contributed by atoms with Gasteiger partial charge in [0.25, 0.3) is 5.89 Å². The predicted octanol–water partition coefficient (Wildman–Crippen LogP) is 3.81. The number of nitrogens with zero attached hydrogens (tertiary/aromatic N) is 3. The van der Waals surface area contributed by atoms with Gasteiger partial charge in [0.05, 0.1) is 11.6 Å². The van der Waals surface area contributed by atoms with Crippen LogP contribution in [0.5, 0.6) is 0 Å². The first kappa shape index (κ1) is 18.0. The summed E-state index contributed by atoms with van der Waals surface area (Å²) < 4.78 is 18.5. The number of amides is 2. The van der Waals surface area contributed by atoms with Crippen LogP contribution in [0, 0.1) is 11.7 Å². The largest absolute Gasteiger partial charge is 0.333 e. The summed E-state index contributed by atoms with van der Waals surface area (Å²) in [5, 5.41) is 8.76. The molecule has 1 atom stereocenters. The third-order valence-electron chi connectivity index (χ3n) is 5.14. The van der Waals surface area contributed by atoms with Gasteiger partial charge in [0, 0.05) is 24.6 Å². The highest BCUT2D eigenvalue weighted by molar-refractivity contribution is 7.14. The van der Waals surface area contributed by atoms with Gasteiger partial charge < -0.3 is 14.7 Å². The van der Waals surface area contributed by atoms with E-state index < -0.39 is 5.92 Å². The van der Waals surface area contributed by atoms with Crippen LogP contribution in [-0.4, -0.2) is 28.5 Å². The molecule has 2 amide bonds. The van der Waals surface area contributed by atoms with Crippen molar-refractivity contribution in [2.45, 2.75) is 25.2 Å². The molecule has 5 rings (SSSR count). The predicted molar refractivity (Wildman–Crippen MR) is 105 cm³/mol. The van der Waals surface area contributed by atoms with Gasteiger partial charge in [0.1, 0.15) is 10.7 Å². The second-order valence-electron chi connectivity index (χ2n) is 7.27. The second kappa shape index (κ2) is 7.07. The molecular formula is C20H17FN4O3S. The molecule has 2 aliphatic rings. The topological polar surface area (TPSA) is 88.3 Å². The van der Waals surface area contributed by atoms with E-state index in [0.717, 1.165) is 12.8 Å². The quantitative estimate of drug-likeness (QED) is 0.689. The molecule has 3 aromatic rings. The summed E-state index contributed by atoms with van der Waals surface area (Å²) in [5.74, 6) is 0.218. The summed E-state index contributed by atoms with van der Waals surface area (Å²) in [5.41, 5.74) is 1.18. The van der Waals surface area contributed by atoms with Crippen LogP contribution in [0.3, 0.4) is 0 Å². The molecule has 1 aliphatic carbocycles. The van der Waals surface area contributed by atoms with Crippen molar-refractivity contribution in [1.82, 2.24) is 10.1 Å². The van der Waals surface area contributed by atoms with E-state index in [9.17, 15) is 14.0 Å². The fourth-order valence-corrected chi connectivity index (χ4v) is 4.17. The number of carbonyl (C=O) groups excluding carboxylic acids is 2. The lowest BCUT2D eigenvalue weighted by molar-refractivity contribution is -0.122. The Morgan fingerprint density at radius 2 is 2.03 bits per heavy atom. The van der Waals surface area contributed by atoms with Gasteiger partial charge in [-0.1, -0.05) is 5.16 Å². The van der Waals surface area contributed by atoms with Crippen LogP contribution < -0.4 is 10.2 Å². The number of hydrogen-bond acceptors (Lipinski definition) is 6. The number of carbonyl (C=O) groups is 2. The Labute approximate surface area is 169 Å². The Morgan fingerprint density at radius 3 is 2.79 bits per heavy atom. The SMILES string of the molecule is O=C(Nc1ccsc1-c1nc(C2CC2)no1)C1CC(=O)N(c2ccc(F)cc2)C1. The monoisotopic (exact) mass is 412 g/mol. The smallest absolute Gasteiger partial charge is 0.270 e. The summed E-state index contributed by atoms with van der Waals surface area (Å²) in [7, 11) is 0. The zero-order valence-corrected chi connectivity index (χ0v) is 16.1. The average molecular weight is 412 g/mol. The van der Waals surface area contributed by atoms with Crippen molar-refractivity contribution >= 4 is 34.5 Å². The van der Waals surface area contributed by atoms with E-state index in [0.29, 0.717) is 33.9 Å². The van der Waals surface area contributed by atoms with E-state index in [2.05, 4.69) is 15.5 Å². The molecule has 7 nitrogen and oxygen atoms in total. The van der Waals surface area contributed by atoms with E-state index in [1.54, 1.807) is 6.07 Å². The van der Waals surface area contributed by atoms with Crippen molar-refractivity contribution in [1.29, 1.82) is 0 Å². The lowest BCUT2D eigenvalue weighted by atomic mass is 10.1. The normalized spacial score (nSPS) is 19.0. The first-order chi connectivity index (χ1) is 14.1. The molecule has 0 radical (unpaired) electrons. The lowest BCUT2D eigenvalue weighted by Gasteiger charge is -2.16. The number of benzene rings is 1. The van der Waals surface area contributed by atoms with Gasteiger partial charge in [0.2, 0.25) is 11.8 Å². The van der Waals surface area contributed by atoms with E-state index in [1.165, 1.54) is 40.5 Å². The number of anilines is 2. The molecule has 1 aromatic carbocycles. The highest BCUT2D eigenvalue weighted by Gasteiger charge is 2.36. The first-order valence-electron chi connectivity index (χ1n) is 9.37. The second-order valence-corrected chi connectivity index (χ2v) is 8.18. The highest BCUT2D eigenvalue weighted by Crippen LogP contribution is 2.40. The number of halogens is 1. The van der Waals surface area contributed by atoms with Gasteiger partial charge in [-0.15, -0.1) is 11.3 Å². The molecule has 1 N–H and O–H groups in total. The van der Waals surface area contributed by atoms with Crippen molar-refractivity contribution in [3.63, 3.8) is 0 Å². The third-order valence-corrected chi connectivity index (χ3v) is 6.04. The minimum Gasteiger partial charge on any atom is -0.333 e. The number of aromatic nitrogens is 2. The van der Waals surface area contributed by atoms with Crippen LogP contribution in [-0.2, 0) is 9.59 Å². The van der Waals surface area contributed by atoms with Gasteiger partial charge in [-0.2, -0.15) is 4.98 Å². The van der Waals surface area contributed by atoms with E-state index >= 15 is 0 Å². The van der Waals surface area contributed by atoms with Crippen molar-refractivity contribution in [2.75, 3.05) is 16.8 Å². The van der Waals surface area contributed by atoms with Crippen LogP contribution >= 0.6 is 11.3 Å². The molecule has 1 saturated carbocycles. The van der Waals surface area contributed by atoms with Gasteiger partial charge in [-0.05, 0) is 48.6 Å². The molecule has 1 saturated heterocycles. The van der Waals surface area contributed by atoms with Crippen LogP contribution in [0.15, 0.2) is 40.2 Å². The van der Waals surface area contributed by atoms with Gasteiger partial charge in [-0.25, -0.2) is 4.39 Å². The third kappa shape index (κ3) is 3.53. The summed E-state index contributed by atoms with van der Waals surface area (Å²) in [6.45, 7) is 0.252. The van der Waals surface area contributed by atoms with Crippen molar-refractivity contribution < 1.29 is 18.5 Å². The van der Waals surface area contributed by atoms with E-state index in [1.807, 2.05) is 5.38 Å². The highest BCUT2D eigenvalue weighted by atomic mass is 32.1. The Kier molecular flexibility index (Phi) is 4.39. The molecule has 1 unspecified atom stereocenters. The summed E-state index contributed by atoms with van der Waals surface area (Å²) in [6, 6.07) is 7.46. The summed E-state index contributed by atoms with van der Waals surface area (Å²) in [4.78, 5) is 31.8. The molecule has 0 bridgehead atoms. The number of thiophene rings is 1. The molecule has 1 aliphatic heterocycles. The summed E-state index contributed by atoms with van der Waals surface area (Å²) >= 11 is 1.41. The van der Waals surface area contributed by atoms with Crippen molar-refractivity contribution in [3.8, 4) is 10.8 Å². The summed E-state index contributed by atoms with van der Waals surface area (Å²) in [6.07, 6.45) is 2.26. The number of hydrogen-bond donors (Lipinski definition) is 1. The molecule has 29 heavy (non-hydrogen) atoms. The Hall–Kier alpha value is -3.07. The fraction of sp³-hybridized carbons (Fsp3) is 0.300. The van der Waals surface area contributed by atoms with Crippen molar-refractivity contribution in [3.05, 3.63) is 47.4 Å². The minimum atomic E-state index is -0.495. The molecule has 0 spiro atoms. The minimum absolute atomic E-state index is 0.106.